The van der Waals surface area contributed by atoms with E-state index >= 15 is 0 Å². The molecule has 23 heavy (non-hydrogen) atoms. The van der Waals surface area contributed by atoms with E-state index < -0.39 is 0 Å². The van der Waals surface area contributed by atoms with Gasteiger partial charge < -0.3 is 0 Å². The number of rotatable bonds is 3. The molecule has 0 spiro atoms. The molecule has 1 heterocycles. The third-order valence-corrected chi connectivity index (χ3v) is 4.89. The number of thiazole rings is 1. The van der Waals surface area contributed by atoms with Gasteiger partial charge in [0.25, 0.3) is 0 Å². The van der Waals surface area contributed by atoms with Crippen molar-refractivity contribution in [3.8, 4) is 11.3 Å². The highest BCUT2D eigenvalue weighted by atomic mass is 32.1. The Hall–Kier alpha value is -1.75. The monoisotopic (exact) mass is 331 g/mol. The van der Waals surface area contributed by atoms with Gasteiger partial charge in [0.05, 0.1) is 5.69 Å². The standard InChI is InChI=1S/C18H22FN3S/c1-2-20-18-22(21-16-7-5-3-4-6-8-16)17(13-23-18)14-9-11-15(19)12-10-14/h9-13H,2-8H2,1H3. The lowest BCUT2D eigenvalue weighted by Gasteiger charge is -2.07. The van der Waals surface area contributed by atoms with Crippen molar-refractivity contribution in [3.63, 3.8) is 0 Å². The molecule has 1 aromatic heterocycles. The lowest BCUT2D eigenvalue weighted by atomic mass is 10.2. The molecule has 2 aromatic rings. The van der Waals surface area contributed by atoms with Crippen LogP contribution in [0.15, 0.2) is 39.7 Å². The summed E-state index contributed by atoms with van der Waals surface area (Å²) in [5, 5.41) is 6.97. The zero-order valence-corrected chi connectivity index (χ0v) is 14.3. The van der Waals surface area contributed by atoms with Gasteiger partial charge in [0.15, 0.2) is 0 Å². The summed E-state index contributed by atoms with van der Waals surface area (Å²) in [6, 6.07) is 6.59. The summed E-state index contributed by atoms with van der Waals surface area (Å²) in [7, 11) is 0. The van der Waals surface area contributed by atoms with E-state index in [1.54, 1.807) is 23.5 Å². The molecule has 0 saturated heterocycles. The molecule has 3 rings (SSSR count). The fourth-order valence-corrected chi connectivity index (χ4v) is 3.73. The van der Waals surface area contributed by atoms with Crippen LogP contribution in [-0.4, -0.2) is 16.9 Å². The van der Waals surface area contributed by atoms with Crippen LogP contribution in [0.5, 0.6) is 0 Å². The maximum atomic E-state index is 13.2. The Morgan fingerprint density at radius 2 is 1.78 bits per heavy atom. The van der Waals surface area contributed by atoms with E-state index in [4.69, 9.17) is 5.10 Å². The SMILES string of the molecule is CCN=c1scc(-c2ccc(F)cc2)n1N=C1CCCCCC1. The molecule has 0 aliphatic heterocycles. The topological polar surface area (TPSA) is 29.6 Å². The van der Waals surface area contributed by atoms with Crippen LogP contribution in [-0.2, 0) is 0 Å². The molecule has 0 atom stereocenters. The van der Waals surface area contributed by atoms with Gasteiger partial charge in [-0.15, -0.1) is 11.3 Å². The Labute approximate surface area is 140 Å². The fourth-order valence-electron chi connectivity index (χ4n) is 2.84. The van der Waals surface area contributed by atoms with E-state index in [1.807, 2.05) is 11.6 Å². The summed E-state index contributed by atoms with van der Waals surface area (Å²) in [5.41, 5.74) is 3.21. The maximum absolute atomic E-state index is 13.2. The highest BCUT2D eigenvalue weighted by molar-refractivity contribution is 7.07. The quantitative estimate of drug-likeness (QED) is 0.721. The van der Waals surface area contributed by atoms with Crippen molar-refractivity contribution >= 4 is 17.0 Å². The minimum atomic E-state index is -0.218. The maximum Gasteiger partial charge on any atom is 0.206 e. The molecule has 0 amide bonds. The van der Waals surface area contributed by atoms with Gasteiger partial charge in [0, 0.05) is 23.2 Å². The number of benzene rings is 1. The van der Waals surface area contributed by atoms with Gasteiger partial charge in [0.1, 0.15) is 5.82 Å². The Kier molecular flexibility index (Phi) is 5.39. The van der Waals surface area contributed by atoms with Crippen molar-refractivity contribution in [2.45, 2.75) is 45.4 Å². The number of hydrogen-bond acceptors (Lipinski definition) is 3. The molecule has 0 radical (unpaired) electrons. The van der Waals surface area contributed by atoms with Crippen molar-refractivity contribution in [1.29, 1.82) is 0 Å². The van der Waals surface area contributed by atoms with Gasteiger partial charge in [-0.1, -0.05) is 12.8 Å². The van der Waals surface area contributed by atoms with Crippen LogP contribution in [0, 0.1) is 5.82 Å². The van der Waals surface area contributed by atoms with Crippen molar-refractivity contribution in [2.24, 2.45) is 10.1 Å². The van der Waals surface area contributed by atoms with Crippen LogP contribution in [0.2, 0.25) is 0 Å². The molecule has 1 aromatic carbocycles. The summed E-state index contributed by atoms with van der Waals surface area (Å²) >= 11 is 1.59. The Bertz CT molecular complexity index is 730. The third-order valence-electron chi connectivity index (χ3n) is 4.04. The molecular formula is C18H22FN3S. The largest absolute Gasteiger partial charge is 0.258 e. The Morgan fingerprint density at radius 1 is 1.09 bits per heavy atom. The second-order valence-corrected chi connectivity index (χ2v) is 6.61. The van der Waals surface area contributed by atoms with Gasteiger partial charge in [0.2, 0.25) is 4.80 Å². The van der Waals surface area contributed by atoms with Crippen LogP contribution in [0.25, 0.3) is 11.3 Å². The minimum absolute atomic E-state index is 0.218. The molecule has 122 valence electrons. The van der Waals surface area contributed by atoms with E-state index in [1.165, 1.54) is 43.5 Å². The minimum Gasteiger partial charge on any atom is -0.258 e. The first-order chi connectivity index (χ1) is 11.3. The Balaban J connectivity index is 2.05. The van der Waals surface area contributed by atoms with Crippen LogP contribution < -0.4 is 4.80 Å². The zero-order chi connectivity index (χ0) is 16.1. The summed E-state index contributed by atoms with van der Waals surface area (Å²) in [4.78, 5) is 5.47. The van der Waals surface area contributed by atoms with E-state index in [2.05, 4.69) is 10.4 Å². The molecule has 1 fully saturated rings. The second-order valence-electron chi connectivity index (χ2n) is 5.78. The highest BCUT2D eigenvalue weighted by Crippen LogP contribution is 2.22. The lowest BCUT2D eigenvalue weighted by molar-refractivity contribution is 0.628. The molecule has 1 aliphatic rings. The highest BCUT2D eigenvalue weighted by Gasteiger charge is 2.11. The van der Waals surface area contributed by atoms with Crippen LogP contribution >= 0.6 is 11.3 Å². The average Bonchev–Trinajstić information content (AvgIpc) is 2.77. The first-order valence-corrected chi connectivity index (χ1v) is 9.19. The summed E-state index contributed by atoms with van der Waals surface area (Å²) in [6.45, 7) is 2.76. The fraction of sp³-hybridized carbons (Fsp3) is 0.444. The first-order valence-electron chi connectivity index (χ1n) is 8.31. The Morgan fingerprint density at radius 3 is 2.43 bits per heavy atom. The van der Waals surface area contributed by atoms with Gasteiger partial charge in [-0.3, -0.25) is 4.99 Å². The van der Waals surface area contributed by atoms with Gasteiger partial charge in [-0.2, -0.15) is 5.10 Å². The molecule has 5 heteroatoms. The smallest absolute Gasteiger partial charge is 0.206 e. The normalized spacial score (nSPS) is 16.4. The van der Waals surface area contributed by atoms with Crippen LogP contribution in [0.1, 0.15) is 45.4 Å². The zero-order valence-electron chi connectivity index (χ0n) is 13.5. The molecule has 0 unspecified atom stereocenters. The molecular weight excluding hydrogens is 309 g/mol. The lowest BCUT2D eigenvalue weighted by Crippen LogP contribution is -2.14. The number of hydrogen-bond donors (Lipinski definition) is 0. The summed E-state index contributed by atoms with van der Waals surface area (Å²) < 4.78 is 15.1. The van der Waals surface area contributed by atoms with E-state index in [0.29, 0.717) is 0 Å². The van der Waals surface area contributed by atoms with E-state index in [9.17, 15) is 4.39 Å². The van der Waals surface area contributed by atoms with Gasteiger partial charge in [-0.25, -0.2) is 9.07 Å². The average molecular weight is 331 g/mol. The first kappa shape index (κ1) is 16.1. The molecule has 0 bridgehead atoms. The van der Waals surface area contributed by atoms with Gasteiger partial charge in [-0.05, 0) is 56.9 Å². The van der Waals surface area contributed by atoms with Crippen LogP contribution in [0.4, 0.5) is 4.39 Å². The van der Waals surface area contributed by atoms with Crippen molar-refractivity contribution in [3.05, 3.63) is 40.3 Å². The molecule has 1 saturated carbocycles. The number of aromatic nitrogens is 1. The van der Waals surface area contributed by atoms with Crippen molar-refractivity contribution in [1.82, 2.24) is 4.68 Å². The predicted molar refractivity (Wildman–Crippen MR) is 94.3 cm³/mol. The van der Waals surface area contributed by atoms with E-state index in [-0.39, 0.29) is 5.82 Å². The summed E-state index contributed by atoms with van der Waals surface area (Å²) in [6.07, 6.45) is 7.16. The predicted octanol–water partition coefficient (Wildman–Crippen LogP) is 4.83. The molecule has 1 aliphatic carbocycles. The molecule has 0 N–H and O–H groups in total. The summed E-state index contributed by atoms with van der Waals surface area (Å²) in [5.74, 6) is -0.218. The molecule has 3 nitrogen and oxygen atoms in total. The van der Waals surface area contributed by atoms with Gasteiger partial charge >= 0.3 is 0 Å². The van der Waals surface area contributed by atoms with E-state index in [0.717, 1.165) is 35.4 Å². The number of nitrogens with zero attached hydrogens (tertiary/aromatic N) is 3. The third kappa shape index (κ3) is 3.96. The van der Waals surface area contributed by atoms with Crippen molar-refractivity contribution in [2.75, 3.05) is 6.54 Å². The van der Waals surface area contributed by atoms with Crippen molar-refractivity contribution < 1.29 is 4.39 Å². The number of halogens is 1. The van der Waals surface area contributed by atoms with Crippen LogP contribution in [0.3, 0.4) is 0 Å². The second kappa shape index (κ2) is 7.68.